The molecular formula is C17H18FO. The van der Waals surface area contributed by atoms with Crippen LogP contribution < -0.4 is 4.74 Å². The van der Waals surface area contributed by atoms with Gasteiger partial charge in [-0.25, -0.2) is 4.39 Å². The lowest BCUT2D eigenvalue weighted by Crippen LogP contribution is -2.05. The monoisotopic (exact) mass is 257 g/mol. The van der Waals surface area contributed by atoms with Crippen molar-refractivity contribution in [1.29, 1.82) is 0 Å². The summed E-state index contributed by atoms with van der Waals surface area (Å²) in [5.41, 5.74) is 1.73. The third-order valence-corrected chi connectivity index (χ3v) is 2.77. The first kappa shape index (κ1) is 13.6. The van der Waals surface area contributed by atoms with Crippen LogP contribution in [0.4, 0.5) is 4.39 Å². The molecule has 1 radical (unpaired) electrons. The van der Waals surface area contributed by atoms with Crippen LogP contribution in [0.25, 0.3) is 0 Å². The van der Waals surface area contributed by atoms with Gasteiger partial charge in [-0.3, -0.25) is 0 Å². The van der Waals surface area contributed by atoms with Gasteiger partial charge in [0.1, 0.15) is 11.6 Å². The summed E-state index contributed by atoms with van der Waals surface area (Å²) in [5.74, 6) is 0.808. The van der Waals surface area contributed by atoms with Crippen LogP contribution in [0, 0.1) is 17.8 Å². The standard InChI is InChI=1S/C17H18FO/c1-13(2)12-19-16-9-8-15(17(18)11-16)10-14-6-4-3-5-7-14/h3-4,6-9,11,13H,10,12H2,1-2H3. The Morgan fingerprint density at radius 1 is 1.26 bits per heavy atom. The molecule has 19 heavy (non-hydrogen) atoms. The molecule has 2 aromatic carbocycles. The molecule has 0 fully saturated rings. The molecular weight excluding hydrogens is 239 g/mol. The van der Waals surface area contributed by atoms with E-state index in [4.69, 9.17) is 4.74 Å². The summed E-state index contributed by atoms with van der Waals surface area (Å²) in [4.78, 5) is 0. The van der Waals surface area contributed by atoms with Crippen molar-refractivity contribution < 1.29 is 9.13 Å². The molecule has 0 aromatic heterocycles. The van der Waals surface area contributed by atoms with Crippen LogP contribution in [-0.2, 0) is 6.42 Å². The third-order valence-electron chi connectivity index (χ3n) is 2.77. The summed E-state index contributed by atoms with van der Waals surface area (Å²) in [6.45, 7) is 4.74. The van der Waals surface area contributed by atoms with Crippen molar-refractivity contribution in [3.05, 3.63) is 65.5 Å². The number of hydrogen-bond donors (Lipinski definition) is 0. The predicted octanol–water partition coefficient (Wildman–Crippen LogP) is 4.25. The number of benzene rings is 2. The van der Waals surface area contributed by atoms with Gasteiger partial charge in [0.05, 0.1) is 6.61 Å². The van der Waals surface area contributed by atoms with Crippen molar-refractivity contribution in [3.63, 3.8) is 0 Å². The van der Waals surface area contributed by atoms with E-state index in [1.807, 2.05) is 30.3 Å². The van der Waals surface area contributed by atoms with E-state index in [2.05, 4.69) is 19.9 Å². The second-order valence-electron chi connectivity index (χ2n) is 5.05. The van der Waals surface area contributed by atoms with Gasteiger partial charge in [0.15, 0.2) is 0 Å². The second kappa shape index (κ2) is 6.37. The summed E-state index contributed by atoms with van der Waals surface area (Å²) in [7, 11) is 0. The van der Waals surface area contributed by atoms with E-state index >= 15 is 0 Å². The Labute approximate surface area is 114 Å². The van der Waals surface area contributed by atoms with Gasteiger partial charge in [-0.15, -0.1) is 0 Å². The highest BCUT2D eigenvalue weighted by molar-refractivity contribution is 5.32. The fraction of sp³-hybridized carbons (Fsp3) is 0.294. The number of hydrogen-bond acceptors (Lipinski definition) is 1. The van der Waals surface area contributed by atoms with Gasteiger partial charge in [-0.2, -0.15) is 0 Å². The molecule has 0 aliphatic rings. The maximum absolute atomic E-state index is 14.0. The number of halogens is 1. The van der Waals surface area contributed by atoms with Crippen LogP contribution >= 0.6 is 0 Å². The summed E-state index contributed by atoms with van der Waals surface area (Å²) < 4.78 is 19.5. The van der Waals surface area contributed by atoms with Crippen molar-refractivity contribution >= 4 is 0 Å². The molecule has 2 rings (SSSR count). The van der Waals surface area contributed by atoms with Crippen molar-refractivity contribution in [2.75, 3.05) is 6.61 Å². The highest BCUT2D eigenvalue weighted by atomic mass is 19.1. The Bertz CT molecular complexity index is 520. The molecule has 2 heteroatoms. The molecule has 0 unspecified atom stereocenters. The Kier molecular flexibility index (Phi) is 4.56. The molecule has 0 aliphatic heterocycles. The first-order chi connectivity index (χ1) is 9.15. The van der Waals surface area contributed by atoms with Crippen LogP contribution in [0.1, 0.15) is 25.0 Å². The SMILES string of the molecule is CC(C)COc1ccc(Cc2c[c]ccc2)c(F)c1. The largest absolute Gasteiger partial charge is 0.493 e. The quantitative estimate of drug-likeness (QED) is 0.778. The van der Waals surface area contributed by atoms with Gasteiger partial charge in [0.25, 0.3) is 0 Å². The summed E-state index contributed by atoms with van der Waals surface area (Å²) in [6, 6.07) is 15.7. The van der Waals surface area contributed by atoms with Gasteiger partial charge >= 0.3 is 0 Å². The molecule has 0 atom stereocenters. The first-order valence-corrected chi connectivity index (χ1v) is 6.51. The van der Waals surface area contributed by atoms with E-state index in [0.29, 0.717) is 30.3 Å². The van der Waals surface area contributed by atoms with Crippen LogP contribution in [0.3, 0.4) is 0 Å². The van der Waals surface area contributed by atoms with Crippen LogP contribution in [0.2, 0.25) is 0 Å². The van der Waals surface area contributed by atoms with Crippen molar-refractivity contribution in [2.24, 2.45) is 5.92 Å². The zero-order valence-electron chi connectivity index (χ0n) is 11.3. The lowest BCUT2D eigenvalue weighted by molar-refractivity contribution is 0.270. The summed E-state index contributed by atoms with van der Waals surface area (Å²) in [5, 5.41) is 0. The van der Waals surface area contributed by atoms with E-state index in [1.54, 1.807) is 6.07 Å². The van der Waals surface area contributed by atoms with Crippen LogP contribution in [-0.4, -0.2) is 6.61 Å². The van der Waals surface area contributed by atoms with Gasteiger partial charge < -0.3 is 4.74 Å². The molecule has 99 valence electrons. The van der Waals surface area contributed by atoms with Crippen LogP contribution in [0.5, 0.6) is 5.75 Å². The maximum atomic E-state index is 14.0. The number of rotatable bonds is 5. The molecule has 0 N–H and O–H groups in total. The molecule has 0 saturated carbocycles. The van der Waals surface area contributed by atoms with Gasteiger partial charge in [-0.1, -0.05) is 44.2 Å². The Hall–Kier alpha value is -1.83. The minimum Gasteiger partial charge on any atom is -0.493 e. The van der Waals surface area contributed by atoms with E-state index < -0.39 is 0 Å². The highest BCUT2D eigenvalue weighted by Gasteiger charge is 2.06. The van der Waals surface area contributed by atoms with Crippen molar-refractivity contribution in [3.8, 4) is 5.75 Å². The molecule has 0 aliphatic carbocycles. The molecule has 0 amide bonds. The van der Waals surface area contributed by atoms with Gasteiger partial charge in [0, 0.05) is 12.5 Å². The minimum absolute atomic E-state index is 0.217. The lowest BCUT2D eigenvalue weighted by atomic mass is 10.0. The van der Waals surface area contributed by atoms with Crippen molar-refractivity contribution in [2.45, 2.75) is 20.3 Å². The summed E-state index contributed by atoms with van der Waals surface area (Å²) >= 11 is 0. The zero-order chi connectivity index (χ0) is 13.7. The minimum atomic E-state index is -0.217. The highest BCUT2D eigenvalue weighted by Crippen LogP contribution is 2.19. The van der Waals surface area contributed by atoms with E-state index in [1.165, 1.54) is 6.07 Å². The predicted molar refractivity (Wildman–Crippen MR) is 74.8 cm³/mol. The number of ether oxygens (including phenoxy) is 1. The first-order valence-electron chi connectivity index (χ1n) is 6.51. The molecule has 1 nitrogen and oxygen atoms in total. The molecule has 2 aromatic rings. The Balaban J connectivity index is 2.07. The zero-order valence-corrected chi connectivity index (χ0v) is 11.3. The smallest absolute Gasteiger partial charge is 0.130 e. The molecule has 0 spiro atoms. The Morgan fingerprint density at radius 3 is 2.74 bits per heavy atom. The average molecular weight is 257 g/mol. The van der Waals surface area contributed by atoms with Gasteiger partial charge in [-0.05, 0) is 29.2 Å². The Morgan fingerprint density at radius 2 is 2.11 bits per heavy atom. The molecule has 0 saturated heterocycles. The fourth-order valence-corrected chi connectivity index (χ4v) is 1.78. The van der Waals surface area contributed by atoms with E-state index in [-0.39, 0.29) is 5.82 Å². The lowest BCUT2D eigenvalue weighted by Gasteiger charge is -2.10. The average Bonchev–Trinajstić information content (AvgIpc) is 2.40. The van der Waals surface area contributed by atoms with E-state index in [9.17, 15) is 4.39 Å². The van der Waals surface area contributed by atoms with Crippen molar-refractivity contribution in [1.82, 2.24) is 0 Å². The molecule has 0 bridgehead atoms. The van der Waals surface area contributed by atoms with Gasteiger partial charge in [0.2, 0.25) is 0 Å². The maximum Gasteiger partial charge on any atom is 0.130 e. The fourth-order valence-electron chi connectivity index (χ4n) is 1.78. The third kappa shape index (κ3) is 4.09. The topological polar surface area (TPSA) is 9.23 Å². The summed E-state index contributed by atoms with van der Waals surface area (Å²) in [6.07, 6.45) is 0.577. The normalized spacial score (nSPS) is 10.7. The second-order valence-corrected chi connectivity index (χ2v) is 5.05. The van der Waals surface area contributed by atoms with Crippen LogP contribution in [0.15, 0.2) is 42.5 Å². The van der Waals surface area contributed by atoms with E-state index in [0.717, 1.165) is 5.56 Å². The molecule has 0 heterocycles.